The van der Waals surface area contributed by atoms with Gasteiger partial charge >= 0.3 is 0 Å². The molecule has 0 fully saturated rings. The molecule has 1 unspecified atom stereocenters. The Bertz CT molecular complexity index is 1030. The van der Waals surface area contributed by atoms with Crippen LogP contribution < -0.4 is 10.1 Å². The summed E-state index contributed by atoms with van der Waals surface area (Å²) in [5.41, 5.74) is 4.48. The first-order chi connectivity index (χ1) is 14.2. The van der Waals surface area contributed by atoms with Gasteiger partial charge in [0.05, 0.1) is 12.2 Å². The van der Waals surface area contributed by atoms with Crippen molar-refractivity contribution in [1.29, 1.82) is 0 Å². The van der Waals surface area contributed by atoms with Gasteiger partial charge in [0.25, 0.3) is 5.91 Å². The second kappa shape index (κ2) is 7.35. The fraction of sp³-hybridized carbons (Fsp3) is 0.304. The Morgan fingerprint density at radius 1 is 1.14 bits per heavy atom. The lowest BCUT2D eigenvalue weighted by Crippen LogP contribution is -2.35. The van der Waals surface area contributed by atoms with Gasteiger partial charge < -0.3 is 10.1 Å². The molecule has 5 rings (SSSR count). The Labute approximate surface area is 168 Å². The van der Waals surface area contributed by atoms with E-state index in [0.717, 1.165) is 54.8 Å². The third kappa shape index (κ3) is 3.39. The van der Waals surface area contributed by atoms with Crippen LogP contribution in [0.15, 0.2) is 48.5 Å². The van der Waals surface area contributed by atoms with Crippen LogP contribution in [0, 0.1) is 5.82 Å². The first kappa shape index (κ1) is 17.9. The molecule has 1 aliphatic heterocycles. The number of hydrogen-bond acceptors (Lipinski definition) is 3. The van der Waals surface area contributed by atoms with E-state index in [1.165, 1.54) is 17.7 Å². The van der Waals surface area contributed by atoms with Crippen molar-refractivity contribution < 1.29 is 13.9 Å². The van der Waals surface area contributed by atoms with E-state index in [0.29, 0.717) is 12.2 Å². The number of rotatable bonds is 4. The number of hydrogen-bond donors (Lipinski definition) is 1. The van der Waals surface area contributed by atoms with Gasteiger partial charge in [0, 0.05) is 17.7 Å². The molecule has 0 saturated heterocycles. The zero-order chi connectivity index (χ0) is 19.8. The number of fused-ring (bicyclic) bond motifs is 2. The molecule has 6 heteroatoms. The molecule has 2 heterocycles. The smallest absolute Gasteiger partial charge is 0.272 e. The van der Waals surface area contributed by atoms with Crippen molar-refractivity contribution in [3.05, 3.63) is 76.9 Å². The molecule has 0 bridgehead atoms. The molecule has 1 aromatic heterocycles. The second-order valence-corrected chi connectivity index (χ2v) is 7.63. The fourth-order valence-corrected chi connectivity index (χ4v) is 4.24. The van der Waals surface area contributed by atoms with Crippen LogP contribution in [0.2, 0.25) is 0 Å². The van der Waals surface area contributed by atoms with Gasteiger partial charge in [-0.2, -0.15) is 5.10 Å². The highest BCUT2D eigenvalue weighted by molar-refractivity contribution is 5.94. The van der Waals surface area contributed by atoms with E-state index in [4.69, 9.17) is 4.74 Å². The molecule has 1 amide bonds. The average Bonchev–Trinajstić information content (AvgIpc) is 3.34. The number of para-hydroxylation sites is 1. The Morgan fingerprint density at radius 3 is 2.76 bits per heavy atom. The Hall–Kier alpha value is -3.15. The summed E-state index contributed by atoms with van der Waals surface area (Å²) in [6.07, 6.45) is 4.54. The molecule has 3 aromatic rings. The maximum atomic E-state index is 13.3. The van der Waals surface area contributed by atoms with Crippen molar-refractivity contribution in [2.45, 2.75) is 38.2 Å². The largest absolute Gasteiger partial charge is 0.488 e. The molecule has 2 aliphatic rings. The van der Waals surface area contributed by atoms with E-state index < -0.39 is 0 Å². The number of aromatic nitrogens is 2. The first-order valence-corrected chi connectivity index (χ1v) is 10.1. The van der Waals surface area contributed by atoms with Crippen molar-refractivity contribution in [3.63, 3.8) is 0 Å². The summed E-state index contributed by atoms with van der Waals surface area (Å²) in [6, 6.07) is 14.2. The number of ether oxygens (including phenoxy) is 1. The van der Waals surface area contributed by atoms with Gasteiger partial charge in [-0.15, -0.1) is 0 Å². The molecule has 1 aliphatic carbocycles. The van der Waals surface area contributed by atoms with Crippen LogP contribution in [0.3, 0.4) is 0 Å². The summed E-state index contributed by atoms with van der Waals surface area (Å²) in [5, 5.41) is 7.62. The lowest BCUT2D eigenvalue weighted by atomic mass is 9.95. The summed E-state index contributed by atoms with van der Waals surface area (Å²) < 4.78 is 21.0. The van der Waals surface area contributed by atoms with Crippen molar-refractivity contribution in [1.82, 2.24) is 15.1 Å². The van der Waals surface area contributed by atoms with Gasteiger partial charge in [0.1, 0.15) is 17.7 Å². The number of nitrogens with one attached hydrogen (secondary N) is 1. The van der Waals surface area contributed by atoms with Gasteiger partial charge in [-0.1, -0.05) is 18.2 Å². The van der Waals surface area contributed by atoms with Crippen molar-refractivity contribution >= 4 is 5.91 Å². The molecule has 0 spiro atoms. The number of carbonyl (C=O) groups is 1. The standard InChI is InChI=1S/C23H22FN3O2/c24-16-9-11-17(12-10-16)27-20-7-3-2-6-19(20)22(26-27)23(28)25-14-18-13-15-5-1-4-8-21(15)29-18/h1,4-5,8-12,18H,2-3,6-7,13-14H2,(H,25,28). The van der Waals surface area contributed by atoms with Gasteiger partial charge in [0.2, 0.25) is 0 Å². The lowest BCUT2D eigenvalue weighted by Gasteiger charge is -2.14. The number of halogens is 1. The fourth-order valence-electron chi connectivity index (χ4n) is 4.24. The van der Waals surface area contributed by atoms with E-state index in [1.54, 1.807) is 16.8 Å². The van der Waals surface area contributed by atoms with Crippen LogP contribution in [0.4, 0.5) is 4.39 Å². The number of nitrogens with zero attached hydrogens (tertiary/aromatic N) is 2. The minimum atomic E-state index is -0.287. The minimum Gasteiger partial charge on any atom is -0.488 e. The van der Waals surface area contributed by atoms with E-state index in [1.807, 2.05) is 18.2 Å². The highest BCUT2D eigenvalue weighted by Crippen LogP contribution is 2.29. The summed E-state index contributed by atoms with van der Waals surface area (Å²) in [4.78, 5) is 12.9. The Balaban J connectivity index is 1.35. The van der Waals surface area contributed by atoms with Crippen molar-refractivity contribution in [3.8, 4) is 11.4 Å². The average molecular weight is 391 g/mol. The lowest BCUT2D eigenvalue weighted by molar-refractivity contribution is 0.0927. The zero-order valence-electron chi connectivity index (χ0n) is 16.0. The second-order valence-electron chi connectivity index (χ2n) is 7.63. The van der Waals surface area contributed by atoms with Gasteiger partial charge in [0.15, 0.2) is 5.69 Å². The van der Waals surface area contributed by atoms with Crippen molar-refractivity contribution in [2.24, 2.45) is 0 Å². The van der Waals surface area contributed by atoms with Crippen molar-refractivity contribution in [2.75, 3.05) is 6.54 Å². The van der Waals surface area contributed by atoms with Crippen LogP contribution in [0.1, 0.15) is 40.2 Å². The van der Waals surface area contributed by atoms with E-state index in [9.17, 15) is 9.18 Å². The van der Waals surface area contributed by atoms with Crippen LogP contribution in [-0.2, 0) is 19.3 Å². The van der Waals surface area contributed by atoms with Crippen LogP contribution in [-0.4, -0.2) is 28.3 Å². The SMILES string of the molecule is O=C(NCC1Cc2ccccc2O1)c1nn(-c2ccc(F)cc2)c2c1CCCC2. The first-order valence-electron chi connectivity index (χ1n) is 10.1. The summed E-state index contributed by atoms with van der Waals surface area (Å²) >= 11 is 0. The monoisotopic (exact) mass is 391 g/mol. The van der Waals surface area contributed by atoms with Crippen LogP contribution in [0.25, 0.3) is 5.69 Å². The number of amides is 1. The maximum Gasteiger partial charge on any atom is 0.272 e. The zero-order valence-corrected chi connectivity index (χ0v) is 16.0. The number of carbonyl (C=O) groups excluding carboxylic acids is 1. The van der Waals surface area contributed by atoms with Crippen LogP contribution >= 0.6 is 0 Å². The highest BCUT2D eigenvalue weighted by atomic mass is 19.1. The van der Waals surface area contributed by atoms with E-state index >= 15 is 0 Å². The number of benzene rings is 2. The molecule has 29 heavy (non-hydrogen) atoms. The third-order valence-electron chi connectivity index (χ3n) is 5.67. The Kier molecular flexibility index (Phi) is 4.54. The van der Waals surface area contributed by atoms with E-state index in [2.05, 4.69) is 16.5 Å². The predicted octanol–water partition coefficient (Wildman–Crippen LogP) is 3.62. The molecule has 0 saturated carbocycles. The molecule has 5 nitrogen and oxygen atoms in total. The summed E-state index contributed by atoms with van der Waals surface area (Å²) in [6.45, 7) is 0.436. The molecule has 2 aromatic carbocycles. The van der Waals surface area contributed by atoms with Gasteiger partial charge in [-0.05, 0) is 61.6 Å². The molecular weight excluding hydrogens is 369 g/mol. The third-order valence-corrected chi connectivity index (χ3v) is 5.67. The normalized spacial score (nSPS) is 17.3. The topological polar surface area (TPSA) is 56.1 Å². The minimum absolute atomic E-state index is 0.0636. The quantitative estimate of drug-likeness (QED) is 0.739. The van der Waals surface area contributed by atoms with Gasteiger partial charge in [-0.25, -0.2) is 9.07 Å². The van der Waals surface area contributed by atoms with Crippen LogP contribution in [0.5, 0.6) is 5.75 Å². The molecular formula is C23H22FN3O2. The Morgan fingerprint density at radius 2 is 1.93 bits per heavy atom. The molecule has 1 N–H and O–H groups in total. The summed E-state index contributed by atoms with van der Waals surface area (Å²) in [7, 11) is 0. The molecule has 148 valence electrons. The molecule has 0 radical (unpaired) electrons. The highest BCUT2D eigenvalue weighted by Gasteiger charge is 2.27. The maximum absolute atomic E-state index is 13.3. The molecule has 1 atom stereocenters. The predicted molar refractivity (Wildman–Crippen MR) is 107 cm³/mol. The van der Waals surface area contributed by atoms with Gasteiger partial charge in [-0.3, -0.25) is 4.79 Å². The van der Waals surface area contributed by atoms with E-state index in [-0.39, 0.29) is 17.8 Å². The summed E-state index contributed by atoms with van der Waals surface area (Å²) in [5.74, 6) is 0.429.